The molecule has 2 aromatic carbocycles. The SMILES string of the molecule is C=CC(=O)Oc1ccc(I(c2ccc(OC(=O)C=C)cc2)C(F)(F)F)cc1. The van der Waals surface area contributed by atoms with Crippen LogP contribution in [0.2, 0.25) is 0 Å². The molecular formula is C19H14F3IO4. The summed E-state index contributed by atoms with van der Waals surface area (Å²) in [6, 6.07) is 10.5. The zero-order valence-corrected chi connectivity index (χ0v) is 16.0. The van der Waals surface area contributed by atoms with E-state index in [2.05, 4.69) is 13.2 Å². The average Bonchev–Trinajstić information content (AvgIpc) is 2.63. The van der Waals surface area contributed by atoms with E-state index in [9.17, 15) is 22.8 Å². The van der Waals surface area contributed by atoms with Crippen molar-refractivity contribution in [3.05, 3.63) is 81.0 Å². The van der Waals surface area contributed by atoms with Crippen molar-refractivity contribution in [1.82, 2.24) is 0 Å². The van der Waals surface area contributed by atoms with E-state index in [1.165, 1.54) is 48.5 Å². The summed E-state index contributed by atoms with van der Waals surface area (Å²) in [4.78, 5) is 22.3. The Hall–Kier alpha value is -2.62. The first-order valence-electron chi connectivity index (χ1n) is 7.40. The standard InChI is InChI=1S/C19H14F3IO4/c1-3-17(24)26-15-9-5-13(6-10-15)23(19(20,21)22)14-7-11-16(12-8-14)27-18(25)4-2/h3-12H,1-2H2. The van der Waals surface area contributed by atoms with Crippen LogP contribution >= 0.6 is 19.8 Å². The van der Waals surface area contributed by atoms with E-state index in [0.29, 0.717) is 0 Å². The second kappa shape index (κ2) is 8.85. The van der Waals surface area contributed by atoms with Gasteiger partial charge in [-0.2, -0.15) is 0 Å². The van der Waals surface area contributed by atoms with Crippen molar-refractivity contribution >= 4 is 31.8 Å². The molecule has 0 fully saturated rings. The Morgan fingerprint density at radius 2 is 1.11 bits per heavy atom. The predicted molar refractivity (Wildman–Crippen MR) is 102 cm³/mol. The van der Waals surface area contributed by atoms with E-state index in [1.54, 1.807) is 0 Å². The normalized spacial score (nSPS) is 11.3. The molecule has 142 valence electrons. The predicted octanol–water partition coefficient (Wildman–Crippen LogP) is 4.94. The molecule has 0 aliphatic carbocycles. The summed E-state index contributed by atoms with van der Waals surface area (Å²) in [5, 5.41) is 0. The second-order valence-corrected chi connectivity index (χ2v) is 10.2. The Bertz CT molecular complexity index is 777. The number of benzene rings is 2. The summed E-state index contributed by atoms with van der Waals surface area (Å²) in [7, 11) is 0. The van der Waals surface area contributed by atoms with Gasteiger partial charge in [-0.3, -0.25) is 0 Å². The van der Waals surface area contributed by atoms with Gasteiger partial charge in [0.1, 0.15) is 0 Å². The number of esters is 2. The van der Waals surface area contributed by atoms with Gasteiger partial charge in [0.25, 0.3) is 0 Å². The molecule has 0 saturated heterocycles. The first-order chi connectivity index (χ1) is 12.7. The molecule has 0 saturated carbocycles. The Kier molecular flexibility index (Phi) is 6.78. The molecule has 0 aliphatic heterocycles. The Morgan fingerprint density at radius 1 is 0.778 bits per heavy atom. The number of ether oxygens (including phenoxy) is 2. The molecule has 0 bridgehead atoms. The van der Waals surface area contributed by atoms with Crippen LogP contribution in [0.15, 0.2) is 73.8 Å². The van der Waals surface area contributed by atoms with Gasteiger partial charge < -0.3 is 0 Å². The maximum atomic E-state index is 13.7. The topological polar surface area (TPSA) is 52.6 Å². The van der Waals surface area contributed by atoms with Crippen molar-refractivity contribution in [2.24, 2.45) is 0 Å². The molecule has 0 heterocycles. The minimum atomic E-state index is -4.40. The Balaban J connectivity index is 2.30. The van der Waals surface area contributed by atoms with Gasteiger partial charge in [0.15, 0.2) is 0 Å². The van der Waals surface area contributed by atoms with Gasteiger partial charge in [0, 0.05) is 0 Å². The van der Waals surface area contributed by atoms with Crippen molar-refractivity contribution in [3.8, 4) is 11.5 Å². The van der Waals surface area contributed by atoms with Gasteiger partial charge >= 0.3 is 161 Å². The Morgan fingerprint density at radius 3 is 1.37 bits per heavy atom. The van der Waals surface area contributed by atoms with Gasteiger partial charge in [-0.15, -0.1) is 0 Å². The molecule has 0 aromatic heterocycles. The van der Waals surface area contributed by atoms with Crippen molar-refractivity contribution in [2.45, 2.75) is 4.18 Å². The van der Waals surface area contributed by atoms with Gasteiger partial charge in [0.2, 0.25) is 0 Å². The van der Waals surface area contributed by atoms with Crippen LogP contribution in [-0.2, 0) is 9.59 Å². The van der Waals surface area contributed by atoms with Crippen LogP contribution in [0.1, 0.15) is 0 Å². The zero-order chi connectivity index (χ0) is 20.0. The molecule has 0 N–H and O–H groups in total. The number of hydrogen-bond acceptors (Lipinski definition) is 4. The molecule has 0 unspecified atom stereocenters. The summed E-state index contributed by atoms with van der Waals surface area (Å²) < 4.78 is 46.7. The number of rotatable bonds is 6. The fraction of sp³-hybridized carbons (Fsp3) is 0.0526. The number of carbonyl (C=O) groups is 2. The summed E-state index contributed by atoms with van der Waals surface area (Å²) in [6.45, 7) is 6.51. The molecule has 4 nitrogen and oxygen atoms in total. The quantitative estimate of drug-likeness (QED) is 0.190. The van der Waals surface area contributed by atoms with E-state index in [1.807, 2.05) is 0 Å². The molecule has 2 rings (SSSR count). The zero-order valence-electron chi connectivity index (χ0n) is 13.8. The van der Waals surface area contributed by atoms with Gasteiger partial charge in [-0.1, -0.05) is 0 Å². The Labute approximate surface area is 160 Å². The van der Waals surface area contributed by atoms with Crippen LogP contribution in [0.4, 0.5) is 13.2 Å². The first kappa shape index (κ1) is 20.7. The summed E-state index contributed by atoms with van der Waals surface area (Å²) >= 11 is -3.80. The third-order valence-corrected chi connectivity index (χ3v) is 8.20. The number of halogens is 4. The summed E-state index contributed by atoms with van der Waals surface area (Å²) in [5.74, 6) is -1.13. The van der Waals surface area contributed by atoms with E-state index in [-0.39, 0.29) is 18.6 Å². The van der Waals surface area contributed by atoms with Gasteiger partial charge in [-0.05, 0) is 0 Å². The van der Waals surface area contributed by atoms with E-state index >= 15 is 0 Å². The van der Waals surface area contributed by atoms with Crippen LogP contribution in [0.25, 0.3) is 0 Å². The van der Waals surface area contributed by atoms with Crippen molar-refractivity contribution < 1.29 is 32.2 Å². The molecule has 0 aliphatic rings. The molecule has 8 heteroatoms. The van der Waals surface area contributed by atoms with E-state index < -0.39 is 35.9 Å². The maximum absolute atomic E-state index is 13.7. The van der Waals surface area contributed by atoms with Crippen LogP contribution in [-0.4, -0.2) is 16.1 Å². The summed E-state index contributed by atoms with van der Waals surface area (Å²) in [5.41, 5.74) is 0. The fourth-order valence-electron chi connectivity index (χ4n) is 1.95. The van der Waals surface area contributed by atoms with Crippen LogP contribution < -0.4 is 9.47 Å². The molecule has 0 radical (unpaired) electrons. The van der Waals surface area contributed by atoms with Gasteiger partial charge in [0.05, 0.1) is 0 Å². The van der Waals surface area contributed by atoms with Crippen LogP contribution in [0.3, 0.4) is 0 Å². The second-order valence-electron chi connectivity index (χ2n) is 4.87. The molecular weight excluding hydrogens is 476 g/mol. The van der Waals surface area contributed by atoms with Crippen LogP contribution in [0, 0.1) is 7.14 Å². The fourth-order valence-corrected chi connectivity index (χ4v) is 6.24. The molecule has 27 heavy (non-hydrogen) atoms. The van der Waals surface area contributed by atoms with E-state index in [4.69, 9.17) is 9.47 Å². The van der Waals surface area contributed by atoms with Crippen molar-refractivity contribution in [1.29, 1.82) is 0 Å². The van der Waals surface area contributed by atoms with E-state index in [0.717, 1.165) is 12.2 Å². The number of hydrogen-bond donors (Lipinski definition) is 0. The number of alkyl halides is 4. The first-order valence-corrected chi connectivity index (χ1v) is 10.6. The van der Waals surface area contributed by atoms with Crippen molar-refractivity contribution in [2.75, 3.05) is 0 Å². The monoisotopic (exact) mass is 490 g/mol. The van der Waals surface area contributed by atoms with Gasteiger partial charge in [-0.25, -0.2) is 0 Å². The number of carbonyl (C=O) groups excluding carboxylic acids is 2. The third kappa shape index (κ3) is 5.68. The average molecular weight is 490 g/mol. The third-order valence-electron chi connectivity index (χ3n) is 3.05. The molecule has 0 amide bonds. The van der Waals surface area contributed by atoms with Crippen molar-refractivity contribution in [3.63, 3.8) is 0 Å². The molecule has 2 aromatic rings. The molecule has 0 spiro atoms. The molecule has 0 atom stereocenters. The minimum absolute atomic E-state index is 0.126. The van der Waals surface area contributed by atoms with Crippen LogP contribution in [0.5, 0.6) is 11.5 Å². The summed E-state index contributed by atoms with van der Waals surface area (Å²) in [6.07, 6.45) is 1.92.